The normalized spacial score (nSPS) is 14.7. The molecule has 0 aromatic rings. The summed E-state index contributed by atoms with van der Waals surface area (Å²) >= 11 is 0. The number of aliphatic hydroxyl groups excluding tert-OH is 2. The third kappa shape index (κ3) is 60.7. The van der Waals surface area contributed by atoms with Crippen molar-refractivity contribution in [1.82, 2.24) is 0 Å². The van der Waals surface area contributed by atoms with Gasteiger partial charge in [0.05, 0.1) is 26.4 Å². The van der Waals surface area contributed by atoms with Gasteiger partial charge >= 0.3 is 33.6 Å². The molecule has 4 N–H and O–H groups in total. The molecule has 0 radical (unpaired) electrons. The molecule has 484 valence electrons. The van der Waals surface area contributed by atoms with E-state index >= 15 is 0 Å². The molecular formula is C65H118O16P2. The Hall–Kier alpha value is -2.75. The van der Waals surface area contributed by atoms with Gasteiger partial charge in [0.25, 0.3) is 0 Å². The highest BCUT2D eigenvalue weighted by Crippen LogP contribution is 2.45. The van der Waals surface area contributed by atoms with Crippen LogP contribution in [0.1, 0.15) is 278 Å². The van der Waals surface area contributed by atoms with Crippen molar-refractivity contribution >= 4 is 33.6 Å². The molecule has 0 aliphatic carbocycles. The van der Waals surface area contributed by atoms with Crippen LogP contribution < -0.4 is 0 Å². The molecular weight excluding hydrogens is 1100 g/mol. The Balaban J connectivity index is 4.69. The molecule has 0 aliphatic rings. The number of carbonyl (C=O) groups excluding carboxylic acids is 3. The largest absolute Gasteiger partial charge is 0.472 e. The minimum atomic E-state index is -4.92. The number of aliphatic hydroxyl groups is 2. The number of hydrogen-bond donors (Lipinski definition) is 4. The Bertz CT molecular complexity index is 1770. The van der Waals surface area contributed by atoms with Crippen LogP contribution in [0.15, 0.2) is 60.8 Å². The van der Waals surface area contributed by atoms with Crippen molar-refractivity contribution in [3.63, 3.8) is 0 Å². The van der Waals surface area contributed by atoms with E-state index in [4.69, 9.17) is 32.3 Å². The van der Waals surface area contributed by atoms with Crippen LogP contribution in [0, 0.1) is 0 Å². The number of esters is 3. The molecule has 0 fully saturated rings. The number of ether oxygens (including phenoxy) is 3. The number of rotatable bonds is 62. The lowest BCUT2D eigenvalue weighted by molar-refractivity contribution is -0.161. The number of phosphoric acid groups is 2. The van der Waals surface area contributed by atoms with Crippen LogP contribution in [-0.4, -0.2) is 95.9 Å². The maximum absolute atomic E-state index is 12.9. The number of hydrogen-bond acceptors (Lipinski definition) is 14. The van der Waals surface area contributed by atoms with Gasteiger partial charge in [-0.25, -0.2) is 9.13 Å². The summed E-state index contributed by atoms with van der Waals surface area (Å²) in [6, 6.07) is 0. The van der Waals surface area contributed by atoms with Crippen LogP contribution in [0.2, 0.25) is 0 Å². The molecule has 0 heterocycles. The fourth-order valence-electron chi connectivity index (χ4n) is 8.69. The van der Waals surface area contributed by atoms with Crippen molar-refractivity contribution < 1.29 is 75.8 Å². The zero-order valence-corrected chi connectivity index (χ0v) is 53.9. The molecule has 0 aliphatic heterocycles. The van der Waals surface area contributed by atoms with Gasteiger partial charge < -0.3 is 34.2 Å². The summed E-state index contributed by atoms with van der Waals surface area (Å²) < 4.78 is 60.8. The topological polar surface area (TPSA) is 231 Å². The second-order valence-corrected chi connectivity index (χ2v) is 24.8. The van der Waals surface area contributed by atoms with E-state index in [0.717, 1.165) is 141 Å². The van der Waals surface area contributed by atoms with E-state index in [2.05, 4.69) is 81.5 Å². The summed E-state index contributed by atoms with van der Waals surface area (Å²) in [5.41, 5.74) is 0. The predicted molar refractivity (Wildman–Crippen MR) is 335 cm³/mol. The third-order valence-electron chi connectivity index (χ3n) is 13.7. The van der Waals surface area contributed by atoms with E-state index in [1.807, 2.05) is 0 Å². The fraction of sp³-hybridized carbons (Fsp3) is 0.800. The number of unbranched alkanes of at least 4 members (excludes halogenated alkanes) is 29. The van der Waals surface area contributed by atoms with E-state index in [-0.39, 0.29) is 19.3 Å². The second kappa shape index (κ2) is 59.6. The van der Waals surface area contributed by atoms with Crippen LogP contribution in [0.4, 0.5) is 0 Å². The Morgan fingerprint density at radius 3 is 1.02 bits per heavy atom. The van der Waals surface area contributed by atoms with Crippen molar-refractivity contribution in [1.29, 1.82) is 0 Å². The first-order chi connectivity index (χ1) is 40.2. The maximum atomic E-state index is 12.9. The van der Waals surface area contributed by atoms with Crippen molar-refractivity contribution in [2.45, 2.75) is 296 Å². The Morgan fingerprint density at radius 2 is 0.639 bits per heavy atom. The van der Waals surface area contributed by atoms with E-state index in [1.54, 1.807) is 0 Å². The van der Waals surface area contributed by atoms with E-state index in [1.165, 1.54) is 77.0 Å². The van der Waals surface area contributed by atoms with Crippen LogP contribution in [0.5, 0.6) is 0 Å². The smallest absolute Gasteiger partial charge is 0.463 e. The minimum absolute atomic E-state index is 0.0958. The highest BCUT2D eigenvalue weighted by atomic mass is 31.2. The lowest BCUT2D eigenvalue weighted by Crippen LogP contribution is -2.30. The zero-order chi connectivity index (χ0) is 61.0. The van der Waals surface area contributed by atoms with Crippen LogP contribution >= 0.6 is 15.6 Å². The first kappa shape index (κ1) is 80.2. The Kier molecular flexibility index (Phi) is 57.6. The molecule has 16 nitrogen and oxygen atoms in total. The molecule has 0 amide bonds. The summed E-state index contributed by atoms with van der Waals surface area (Å²) in [5.74, 6) is -1.59. The standard InChI is InChI=1S/C65H118O16P2/c1-4-7-10-13-16-19-22-25-28-29-32-34-36-39-42-45-48-51-63(68)75-54-60(66)55-77-82(71,72)78-56-61(67)57-79-83(73,74)80-59-62(81-65(70)53-50-47-44-41-38-35-31-27-24-21-18-15-12-9-6-3)58-76-64(69)52-49-46-43-40-37-33-30-26-23-20-17-14-11-8-5-2/h7,10,16,19,25-28,30-31,60-62,66-67H,4-6,8-9,11-15,17-18,20-24,29,32-59H2,1-3H3,(H,71,72)(H,73,74)/b10-7-,19-16-,28-25-,30-26-,31-27-. The lowest BCUT2D eigenvalue weighted by atomic mass is 10.1. The monoisotopic (exact) mass is 1220 g/mol. The maximum Gasteiger partial charge on any atom is 0.472 e. The highest BCUT2D eigenvalue weighted by molar-refractivity contribution is 7.47. The molecule has 0 saturated carbocycles. The number of carbonyl (C=O) groups is 3. The third-order valence-corrected chi connectivity index (χ3v) is 15.6. The highest BCUT2D eigenvalue weighted by Gasteiger charge is 2.29. The molecule has 0 rings (SSSR count). The SMILES string of the molecule is CC/C=C\C/C=C\C/C=C\CCCCCCCCCC(=O)OCC(O)COP(=O)(O)OCC(O)COP(=O)(O)OCC(COC(=O)CCCCCCC/C=C\CCCCCCCC)OC(=O)CCCCCCC/C=C\CCCCCCCC. The van der Waals surface area contributed by atoms with Gasteiger partial charge in [0.2, 0.25) is 0 Å². The summed E-state index contributed by atoms with van der Waals surface area (Å²) in [4.78, 5) is 58.2. The van der Waals surface area contributed by atoms with Crippen LogP contribution in [0.25, 0.3) is 0 Å². The summed E-state index contributed by atoms with van der Waals surface area (Å²) in [6.45, 7) is 2.53. The zero-order valence-electron chi connectivity index (χ0n) is 52.1. The van der Waals surface area contributed by atoms with Gasteiger partial charge in [-0.05, 0) is 103 Å². The molecule has 0 aromatic heterocycles. The first-order valence-corrected chi connectivity index (χ1v) is 35.6. The average molecular weight is 1220 g/mol. The molecule has 0 aromatic carbocycles. The van der Waals surface area contributed by atoms with Crippen molar-refractivity contribution in [2.75, 3.05) is 39.6 Å². The number of allylic oxidation sites excluding steroid dienone is 10. The van der Waals surface area contributed by atoms with E-state index in [0.29, 0.717) is 19.3 Å². The van der Waals surface area contributed by atoms with Gasteiger partial charge in [-0.2, -0.15) is 0 Å². The van der Waals surface area contributed by atoms with E-state index < -0.39 is 91.5 Å². The summed E-state index contributed by atoms with van der Waals surface area (Å²) in [6.07, 6.45) is 58.5. The average Bonchev–Trinajstić information content (AvgIpc) is 3.47. The van der Waals surface area contributed by atoms with Crippen LogP contribution in [-0.2, 0) is 55.8 Å². The van der Waals surface area contributed by atoms with Gasteiger partial charge in [-0.15, -0.1) is 0 Å². The minimum Gasteiger partial charge on any atom is -0.463 e. The molecule has 83 heavy (non-hydrogen) atoms. The fourth-order valence-corrected chi connectivity index (χ4v) is 10.3. The van der Waals surface area contributed by atoms with Crippen LogP contribution in [0.3, 0.4) is 0 Å². The van der Waals surface area contributed by atoms with Gasteiger partial charge in [0, 0.05) is 19.3 Å². The van der Waals surface area contributed by atoms with Crippen molar-refractivity contribution in [2.24, 2.45) is 0 Å². The Morgan fingerprint density at radius 1 is 0.349 bits per heavy atom. The van der Waals surface area contributed by atoms with E-state index in [9.17, 15) is 43.5 Å². The summed E-state index contributed by atoms with van der Waals surface area (Å²) in [7, 11) is -9.76. The lowest BCUT2D eigenvalue weighted by Gasteiger charge is -2.21. The molecule has 0 saturated heterocycles. The Labute approximate surface area is 503 Å². The van der Waals surface area contributed by atoms with Gasteiger partial charge in [0.15, 0.2) is 6.10 Å². The second-order valence-electron chi connectivity index (χ2n) is 21.9. The van der Waals surface area contributed by atoms with Gasteiger partial charge in [0.1, 0.15) is 25.4 Å². The molecule has 5 unspecified atom stereocenters. The molecule has 18 heteroatoms. The molecule has 0 spiro atoms. The predicted octanol–water partition coefficient (Wildman–Crippen LogP) is 17.4. The van der Waals surface area contributed by atoms with Crippen molar-refractivity contribution in [3.8, 4) is 0 Å². The first-order valence-electron chi connectivity index (χ1n) is 32.6. The number of phosphoric ester groups is 2. The van der Waals surface area contributed by atoms with Gasteiger partial charge in [-0.3, -0.25) is 32.5 Å². The summed E-state index contributed by atoms with van der Waals surface area (Å²) in [5, 5.41) is 20.5. The van der Waals surface area contributed by atoms with Crippen molar-refractivity contribution in [3.05, 3.63) is 60.8 Å². The quantitative estimate of drug-likeness (QED) is 0.0146. The van der Waals surface area contributed by atoms with Gasteiger partial charge in [-0.1, -0.05) is 216 Å². The molecule has 5 atom stereocenters. The molecule has 0 bridgehead atoms.